The van der Waals surface area contributed by atoms with Crippen molar-refractivity contribution in [3.63, 3.8) is 0 Å². The number of nitrogens with one attached hydrogen (secondary N) is 1. The third-order valence-corrected chi connectivity index (χ3v) is 5.03. The standard InChI is InChI=1S/C14H18N2O6S/c1-7(17)15-4-5-23(22)9-6-8-10(14(2,3)21)12(18)16(8)11(9)13(19)20/h4-5,8,10,21H,6H2,1-3H3,(H,15,17)(H,19,20)/b5-4+. The van der Waals surface area contributed by atoms with Crippen LogP contribution in [0.25, 0.3) is 0 Å². The lowest BCUT2D eigenvalue weighted by Crippen LogP contribution is -2.65. The Morgan fingerprint density at radius 1 is 1.43 bits per heavy atom. The van der Waals surface area contributed by atoms with Crippen molar-refractivity contribution in [3.05, 3.63) is 22.2 Å². The molecule has 126 valence electrons. The third kappa shape index (κ3) is 3.06. The van der Waals surface area contributed by atoms with Crippen molar-refractivity contribution in [2.75, 3.05) is 0 Å². The van der Waals surface area contributed by atoms with Crippen LogP contribution in [0.2, 0.25) is 0 Å². The van der Waals surface area contributed by atoms with Gasteiger partial charge in [0.15, 0.2) is 0 Å². The second-order valence-corrected chi connectivity index (χ2v) is 7.35. The highest BCUT2D eigenvalue weighted by Crippen LogP contribution is 2.47. The van der Waals surface area contributed by atoms with Crippen molar-refractivity contribution in [3.8, 4) is 0 Å². The average Bonchev–Trinajstić information content (AvgIpc) is 2.71. The summed E-state index contributed by atoms with van der Waals surface area (Å²) in [5.41, 5.74) is -1.59. The molecule has 2 aliphatic heterocycles. The van der Waals surface area contributed by atoms with Crippen molar-refractivity contribution in [2.24, 2.45) is 5.92 Å². The number of hydrogen-bond donors (Lipinski definition) is 3. The van der Waals surface area contributed by atoms with Crippen LogP contribution >= 0.6 is 0 Å². The fourth-order valence-electron chi connectivity index (χ4n) is 2.92. The lowest BCUT2D eigenvalue weighted by molar-refractivity contribution is -0.169. The van der Waals surface area contributed by atoms with Gasteiger partial charge in [-0.3, -0.25) is 9.59 Å². The molecule has 3 atom stereocenters. The number of aliphatic carboxylic acids is 1. The number of carbonyl (C=O) groups is 3. The molecule has 3 N–H and O–H groups in total. The van der Waals surface area contributed by atoms with Crippen LogP contribution < -0.4 is 5.32 Å². The zero-order valence-corrected chi connectivity index (χ0v) is 13.7. The Morgan fingerprint density at radius 3 is 2.52 bits per heavy atom. The first-order chi connectivity index (χ1) is 10.6. The van der Waals surface area contributed by atoms with Crippen molar-refractivity contribution >= 4 is 28.6 Å². The molecule has 2 aliphatic rings. The van der Waals surface area contributed by atoms with Crippen molar-refractivity contribution < 1.29 is 28.8 Å². The molecule has 0 aromatic carbocycles. The van der Waals surface area contributed by atoms with E-state index in [1.54, 1.807) is 0 Å². The summed E-state index contributed by atoms with van der Waals surface area (Å²) in [5.74, 6) is -2.91. The Kier molecular flexibility index (Phi) is 4.45. The van der Waals surface area contributed by atoms with Crippen LogP contribution in [-0.4, -0.2) is 48.7 Å². The third-order valence-electron chi connectivity index (χ3n) is 3.80. The van der Waals surface area contributed by atoms with E-state index in [2.05, 4.69) is 5.32 Å². The van der Waals surface area contributed by atoms with E-state index in [1.165, 1.54) is 27.0 Å². The molecule has 0 bridgehead atoms. The first-order valence-corrected chi connectivity index (χ1v) is 8.13. The molecular formula is C14H18N2O6S. The molecule has 3 unspecified atom stereocenters. The molecule has 0 aliphatic carbocycles. The topological polar surface area (TPSA) is 124 Å². The van der Waals surface area contributed by atoms with E-state index in [0.29, 0.717) is 0 Å². The lowest BCUT2D eigenvalue weighted by Gasteiger charge is -2.48. The molecule has 0 saturated carbocycles. The maximum atomic E-state index is 12.3. The van der Waals surface area contributed by atoms with Gasteiger partial charge in [-0.05, 0) is 13.8 Å². The van der Waals surface area contributed by atoms with Crippen LogP contribution in [0.3, 0.4) is 0 Å². The molecule has 1 saturated heterocycles. The summed E-state index contributed by atoms with van der Waals surface area (Å²) in [6, 6.07) is -0.512. The SMILES string of the molecule is CC(=O)N/C=C/S(=O)C1=C(C(=O)O)N2C(=O)C(C(C)(C)O)C2C1. The normalized spacial score (nSPS) is 25.4. The minimum atomic E-state index is -1.79. The Hall–Kier alpha value is -2.00. The maximum absolute atomic E-state index is 12.3. The fraction of sp³-hybridized carbons (Fsp3) is 0.500. The molecular weight excluding hydrogens is 324 g/mol. The molecule has 23 heavy (non-hydrogen) atoms. The van der Waals surface area contributed by atoms with Crippen LogP contribution in [0, 0.1) is 5.92 Å². The van der Waals surface area contributed by atoms with Gasteiger partial charge in [0.2, 0.25) is 11.8 Å². The first-order valence-electron chi connectivity index (χ1n) is 6.92. The molecule has 0 spiro atoms. The van der Waals surface area contributed by atoms with E-state index in [0.717, 1.165) is 10.3 Å². The predicted molar refractivity (Wildman–Crippen MR) is 80.8 cm³/mol. The van der Waals surface area contributed by atoms with E-state index in [4.69, 9.17) is 0 Å². The molecule has 8 nitrogen and oxygen atoms in total. The second kappa shape index (κ2) is 5.89. The Bertz CT molecular complexity index is 661. The zero-order chi connectivity index (χ0) is 17.5. The van der Waals surface area contributed by atoms with E-state index in [-0.39, 0.29) is 22.9 Å². The number of fused-ring (bicyclic) bond motifs is 1. The van der Waals surface area contributed by atoms with E-state index in [1.807, 2.05) is 0 Å². The molecule has 0 aromatic rings. The Labute approximate surface area is 135 Å². The van der Waals surface area contributed by atoms with Gasteiger partial charge in [-0.25, -0.2) is 9.00 Å². The van der Waals surface area contributed by atoms with Crippen molar-refractivity contribution in [2.45, 2.75) is 38.8 Å². The van der Waals surface area contributed by atoms with Gasteiger partial charge in [-0.15, -0.1) is 0 Å². The van der Waals surface area contributed by atoms with E-state index in [9.17, 15) is 28.8 Å². The van der Waals surface area contributed by atoms with Gasteiger partial charge in [0.1, 0.15) is 5.70 Å². The van der Waals surface area contributed by atoms with E-state index >= 15 is 0 Å². The minimum Gasteiger partial charge on any atom is -0.477 e. The highest BCUT2D eigenvalue weighted by molar-refractivity contribution is 7.91. The molecule has 2 heterocycles. The largest absolute Gasteiger partial charge is 0.477 e. The van der Waals surface area contributed by atoms with Crippen molar-refractivity contribution in [1.29, 1.82) is 0 Å². The highest BCUT2D eigenvalue weighted by atomic mass is 32.2. The average molecular weight is 342 g/mol. The van der Waals surface area contributed by atoms with Gasteiger partial charge >= 0.3 is 5.97 Å². The van der Waals surface area contributed by atoms with Crippen molar-refractivity contribution in [1.82, 2.24) is 10.2 Å². The molecule has 2 rings (SSSR count). The van der Waals surface area contributed by atoms with Crippen LogP contribution in [0.1, 0.15) is 27.2 Å². The van der Waals surface area contributed by atoms with Gasteiger partial charge < -0.3 is 20.4 Å². The summed E-state index contributed by atoms with van der Waals surface area (Å²) in [5, 5.41) is 22.9. The number of β-lactam (4-membered cyclic amide) rings is 1. The smallest absolute Gasteiger partial charge is 0.353 e. The maximum Gasteiger partial charge on any atom is 0.353 e. The number of amides is 2. The number of carbonyl (C=O) groups excluding carboxylic acids is 2. The van der Waals surface area contributed by atoms with Gasteiger partial charge in [0.25, 0.3) is 0 Å². The molecule has 1 fully saturated rings. The molecule has 2 amide bonds. The summed E-state index contributed by atoms with van der Waals surface area (Å²) < 4.78 is 12.3. The summed E-state index contributed by atoms with van der Waals surface area (Å²) >= 11 is 0. The summed E-state index contributed by atoms with van der Waals surface area (Å²) in [4.78, 5) is 35.6. The van der Waals surface area contributed by atoms with Crippen LogP contribution in [0.15, 0.2) is 22.2 Å². The van der Waals surface area contributed by atoms with E-state index < -0.39 is 40.2 Å². The first kappa shape index (κ1) is 17.4. The second-order valence-electron chi connectivity index (χ2n) is 5.99. The van der Waals surface area contributed by atoms with Gasteiger partial charge in [-0.1, -0.05) is 0 Å². The number of nitrogens with zero attached hydrogens (tertiary/aromatic N) is 1. The zero-order valence-electron chi connectivity index (χ0n) is 12.9. The van der Waals surface area contributed by atoms with Gasteiger partial charge in [0.05, 0.1) is 33.3 Å². The number of hydrogen-bond acceptors (Lipinski definition) is 5. The number of rotatable bonds is 5. The Morgan fingerprint density at radius 2 is 2.04 bits per heavy atom. The lowest BCUT2D eigenvalue weighted by atomic mass is 9.76. The molecule has 9 heteroatoms. The fourth-order valence-corrected chi connectivity index (χ4v) is 3.99. The highest BCUT2D eigenvalue weighted by Gasteiger charge is 2.60. The quantitative estimate of drug-likeness (QED) is 0.586. The number of aliphatic hydroxyl groups is 1. The van der Waals surface area contributed by atoms with Crippen LogP contribution in [0.4, 0.5) is 0 Å². The molecule has 0 radical (unpaired) electrons. The van der Waals surface area contributed by atoms with Crippen LogP contribution in [0.5, 0.6) is 0 Å². The summed E-state index contributed by atoms with van der Waals surface area (Å²) in [7, 11) is -1.79. The molecule has 0 aromatic heterocycles. The predicted octanol–water partition coefficient (Wildman–Crippen LogP) is -0.360. The van der Waals surface area contributed by atoms with Crippen LogP contribution in [-0.2, 0) is 25.2 Å². The van der Waals surface area contributed by atoms with Gasteiger partial charge in [0, 0.05) is 25.0 Å². The van der Waals surface area contributed by atoms with Gasteiger partial charge in [-0.2, -0.15) is 0 Å². The number of carboxylic acid groups (broad SMARTS) is 1. The number of carboxylic acids is 1. The Balaban J connectivity index is 2.28. The minimum absolute atomic E-state index is 0.101. The summed E-state index contributed by atoms with van der Waals surface area (Å²) in [6.45, 7) is 4.25. The monoisotopic (exact) mass is 342 g/mol. The summed E-state index contributed by atoms with van der Waals surface area (Å²) in [6.07, 6.45) is 1.29.